The van der Waals surface area contributed by atoms with Gasteiger partial charge in [-0.05, 0) is 29.8 Å². The smallest absolute Gasteiger partial charge is 0.352 e. The third kappa shape index (κ3) is 4.74. The molecule has 0 radical (unpaired) electrons. The second-order valence-electron chi connectivity index (χ2n) is 7.40. The van der Waals surface area contributed by atoms with Gasteiger partial charge in [-0.15, -0.1) is 0 Å². The minimum Gasteiger partial charge on any atom is -0.352 e. The lowest BCUT2D eigenvalue weighted by Gasteiger charge is -2.17. The summed E-state index contributed by atoms with van der Waals surface area (Å²) < 4.78 is 43.4. The molecule has 0 aliphatic carbocycles. The molecule has 33 heavy (non-hydrogen) atoms. The molecule has 0 aliphatic rings. The van der Waals surface area contributed by atoms with E-state index in [0.717, 1.165) is 16.2 Å². The zero-order valence-corrected chi connectivity index (χ0v) is 17.2. The fourth-order valence-electron chi connectivity index (χ4n) is 3.56. The maximum atomic E-state index is 13.7. The molecule has 0 bridgehead atoms. The highest BCUT2D eigenvalue weighted by Gasteiger charge is 2.35. The zero-order chi connectivity index (χ0) is 23.6. The summed E-state index contributed by atoms with van der Waals surface area (Å²) in [6.45, 7) is 0.119. The number of alkyl halides is 3. The molecule has 170 valence electrons. The van der Waals surface area contributed by atoms with Crippen molar-refractivity contribution in [1.82, 2.24) is 19.4 Å². The lowest BCUT2D eigenvalue weighted by Crippen LogP contribution is -2.37. The number of carbonyl (C=O) groups is 1. The summed E-state index contributed by atoms with van der Waals surface area (Å²) in [5.74, 6) is -0.364. The van der Waals surface area contributed by atoms with Crippen molar-refractivity contribution in [3.8, 4) is 5.69 Å². The number of benzene rings is 2. The van der Waals surface area contributed by atoms with E-state index in [1.807, 2.05) is 30.3 Å². The fourth-order valence-corrected chi connectivity index (χ4v) is 3.56. The van der Waals surface area contributed by atoms with Crippen molar-refractivity contribution in [3.05, 3.63) is 98.8 Å². The molecule has 2 aromatic carbocycles. The summed E-state index contributed by atoms with van der Waals surface area (Å²) in [6.07, 6.45) is -1.93. The van der Waals surface area contributed by atoms with Crippen LogP contribution in [0.3, 0.4) is 0 Å². The Balaban J connectivity index is 1.69. The monoisotopic (exact) mass is 456 g/mol. The van der Waals surface area contributed by atoms with Gasteiger partial charge >= 0.3 is 17.3 Å². The molecule has 0 saturated carbocycles. The quantitative estimate of drug-likeness (QED) is 0.437. The van der Waals surface area contributed by atoms with E-state index in [1.165, 1.54) is 23.0 Å². The summed E-state index contributed by atoms with van der Waals surface area (Å²) in [6, 6.07) is 14.3. The van der Waals surface area contributed by atoms with Gasteiger partial charge in [-0.1, -0.05) is 30.3 Å². The van der Waals surface area contributed by atoms with Crippen molar-refractivity contribution in [2.75, 3.05) is 0 Å². The van der Waals surface area contributed by atoms with Crippen LogP contribution in [0.15, 0.2) is 76.6 Å². The third-order valence-electron chi connectivity index (χ3n) is 5.18. The summed E-state index contributed by atoms with van der Waals surface area (Å²) in [4.78, 5) is 39.1. The van der Waals surface area contributed by atoms with Crippen LogP contribution in [0.25, 0.3) is 16.7 Å². The standard InChI is InChI=1S/C23H19F3N4O3/c24-23(25,26)16-12-17-19(13-18(16)29-9-4-5-10-29)30(22(33)21(32)28-17)11-8-20(31)27-14-15-6-2-1-3-7-15/h1-7,9-10,12-13H,8,11,14H2,(H,27,31)(H,28,32). The highest BCUT2D eigenvalue weighted by atomic mass is 19.4. The van der Waals surface area contributed by atoms with Crippen LogP contribution in [0.1, 0.15) is 17.5 Å². The Kier molecular flexibility index (Phi) is 5.91. The van der Waals surface area contributed by atoms with Gasteiger partial charge in [-0.2, -0.15) is 13.2 Å². The number of hydrogen-bond acceptors (Lipinski definition) is 3. The SMILES string of the molecule is O=C(CCn1c(=O)c(=O)[nH]c2cc(C(F)(F)F)c(-n3cccc3)cc21)NCc1ccccc1. The topological polar surface area (TPSA) is 88.9 Å². The van der Waals surface area contributed by atoms with Gasteiger partial charge in [0, 0.05) is 31.9 Å². The molecular weight excluding hydrogens is 437 g/mol. The lowest BCUT2D eigenvalue weighted by molar-refractivity contribution is -0.137. The van der Waals surface area contributed by atoms with E-state index >= 15 is 0 Å². The Labute approximate surface area is 185 Å². The van der Waals surface area contributed by atoms with Gasteiger partial charge in [0.25, 0.3) is 0 Å². The lowest BCUT2D eigenvalue weighted by atomic mass is 10.1. The van der Waals surface area contributed by atoms with Gasteiger partial charge in [-0.3, -0.25) is 14.4 Å². The maximum absolute atomic E-state index is 13.7. The first-order chi connectivity index (χ1) is 15.7. The van der Waals surface area contributed by atoms with Crippen molar-refractivity contribution in [2.45, 2.75) is 25.7 Å². The van der Waals surface area contributed by atoms with E-state index in [1.54, 1.807) is 12.1 Å². The Morgan fingerprint density at radius 1 is 1.00 bits per heavy atom. The van der Waals surface area contributed by atoms with Crippen LogP contribution < -0.4 is 16.4 Å². The molecule has 0 saturated heterocycles. The van der Waals surface area contributed by atoms with Gasteiger partial charge in [0.05, 0.1) is 22.3 Å². The molecule has 7 nitrogen and oxygen atoms in total. The number of hydrogen-bond donors (Lipinski definition) is 2. The predicted molar refractivity (Wildman–Crippen MR) is 116 cm³/mol. The van der Waals surface area contributed by atoms with E-state index in [2.05, 4.69) is 10.3 Å². The van der Waals surface area contributed by atoms with Gasteiger partial charge in [0.15, 0.2) is 0 Å². The van der Waals surface area contributed by atoms with Crippen LogP contribution in [-0.4, -0.2) is 20.0 Å². The normalized spacial score (nSPS) is 11.6. The third-order valence-corrected chi connectivity index (χ3v) is 5.18. The number of nitrogens with one attached hydrogen (secondary N) is 2. The van der Waals surface area contributed by atoms with E-state index in [0.29, 0.717) is 0 Å². The zero-order valence-electron chi connectivity index (χ0n) is 17.2. The number of aromatic nitrogens is 3. The molecule has 4 rings (SSSR count). The van der Waals surface area contributed by atoms with E-state index in [9.17, 15) is 27.6 Å². The van der Waals surface area contributed by atoms with Gasteiger partial charge in [-0.25, -0.2) is 0 Å². The van der Waals surface area contributed by atoms with Gasteiger partial charge in [0.2, 0.25) is 5.91 Å². The predicted octanol–water partition coefficient (Wildman–Crippen LogP) is 3.21. The van der Waals surface area contributed by atoms with Crippen LogP contribution in [0, 0.1) is 0 Å². The Morgan fingerprint density at radius 3 is 2.36 bits per heavy atom. The number of fused-ring (bicyclic) bond motifs is 1. The van der Waals surface area contributed by atoms with Crippen LogP contribution in [0.4, 0.5) is 13.2 Å². The summed E-state index contributed by atoms with van der Waals surface area (Å²) in [7, 11) is 0. The fraction of sp³-hybridized carbons (Fsp3) is 0.174. The first-order valence-electron chi connectivity index (χ1n) is 10.1. The number of nitrogens with zero attached hydrogens (tertiary/aromatic N) is 2. The van der Waals surface area contributed by atoms with Crippen molar-refractivity contribution >= 4 is 16.9 Å². The number of aromatic amines is 1. The molecule has 0 spiro atoms. The average molecular weight is 456 g/mol. The van der Waals surface area contributed by atoms with E-state index in [4.69, 9.17) is 0 Å². The van der Waals surface area contributed by atoms with Crippen LogP contribution >= 0.6 is 0 Å². The highest BCUT2D eigenvalue weighted by molar-refractivity contribution is 5.80. The van der Waals surface area contributed by atoms with Crippen LogP contribution in [0.2, 0.25) is 0 Å². The molecule has 2 N–H and O–H groups in total. The molecule has 2 aromatic heterocycles. The minimum absolute atomic E-state index is 0.0900. The van der Waals surface area contributed by atoms with E-state index in [-0.39, 0.29) is 42.1 Å². The summed E-state index contributed by atoms with van der Waals surface area (Å²) >= 11 is 0. The van der Waals surface area contributed by atoms with Crippen LogP contribution in [-0.2, 0) is 24.1 Å². The highest BCUT2D eigenvalue weighted by Crippen LogP contribution is 2.35. The molecule has 4 aromatic rings. The maximum Gasteiger partial charge on any atom is 0.418 e. The van der Waals surface area contributed by atoms with Crippen molar-refractivity contribution in [2.24, 2.45) is 0 Å². The van der Waals surface area contributed by atoms with Gasteiger partial charge in [0.1, 0.15) is 0 Å². The van der Waals surface area contributed by atoms with Crippen molar-refractivity contribution in [3.63, 3.8) is 0 Å². The molecule has 0 aliphatic heterocycles. The molecule has 1 amide bonds. The first-order valence-corrected chi connectivity index (χ1v) is 10.1. The Bertz CT molecular complexity index is 1410. The number of aryl methyl sites for hydroxylation is 1. The second-order valence-corrected chi connectivity index (χ2v) is 7.40. The number of rotatable bonds is 6. The summed E-state index contributed by atoms with van der Waals surface area (Å²) in [5, 5.41) is 2.72. The second kappa shape index (κ2) is 8.81. The largest absolute Gasteiger partial charge is 0.418 e. The molecule has 0 fully saturated rings. The Morgan fingerprint density at radius 2 is 1.70 bits per heavy atom. The molecule has 0 atom stereocenters. The number of halogens is 3. The summed E-state index contributed by atoms with van der Waals surface area (Å²) in [5.41, 5.74) is -2.34. The Hall–Kier alpha value is -4.08. The van der Waals surface area contributed by atoms with Gasteiger partial charge < -0.3 is 19.4 Å². The molecule has 10 heteroatoms. The first kappa shape index (κ1) is 22.1. The minimum atomic E-state index is -4.69. The average Bonchev–Trinajstić information content (AvgIpc) is 3.32. The number of H-pyrrole nitrogens is 1. The number of amides is 1. The van der Waals surface area contributed by atoms with E-state index < -0.39 is 22.9 Å². The number of carbonyl (C=O) groups excluding carboxylic acids is 1. The molecular formula is C23H19F3N4O3. The molecule has 2 heterocycles. The van der Waals surface area contributed by atoms with Crippen LogP contribution in [0.5, 0.6) is 0 Å². The van der Waals surface area contributed by atoms with Crippen molar-refractivity contribution in [1.29, 1.82) is 0 Å². The molecule has 0 unspecified atom stereocenters. The van der Waals surface area contributed by atoms with Crippen molar-refractivity contribution < 1.29 is 18.0 Å².